The van der Waals surface area contributed by atoms with E-state index in [0.29, 0.717) is 5.92 Å². The van der Waals surface area contributed by atoms with Gasteiger partial charge in [-0.3, -0.25) is 4.79 Å². The van der Waals surface area contributed by atoms with Crippen molar-refractivity contribution in [2.24, 2.45) is 11.8 Å². The maximum Gasteiger partial charge on any atom is 0.223 e. The molecular weight excluding hydrogens is 174 g/mol. The van der Waals surface area contributed by atoms with E-state index in [4.69, 9.17) is 0 Å². The number of carbonyl (C=O) groups is 1. The number of amides is 1. The zero-order valence-electron chi connectivity index (χ0n) is 10.1. The van der Waals surface area contributed by atoms with E-state index in [2.05, 4.69) is 12.2 Å². The van der Waals surface area contributed by atoms with E-state index >= 15 is 0 Å². The molecule has 84 valence electrons. The molecule has 0 bridgehead atoms. The molecule has 1 rings (SSSR count). The Labute approximate surface area is 88.5 Å². The minimum Gasteiger partial charge on any atom is -0.356 e. The maximum atomic E-state index is 11.4. The van der Waals surface area contributed by atoms with Crippen LogP contribution in [0.5, 0.6) is 0 Å². The maximum absolute atomic E-state index is 11.4. The van der Waals surface area contributed by atoms with Crippen LogP contribution in [0.3, 0.4) is 0 Å². The van der Waals surface area contributed by atoms with Crippen LogP contribution in [0.1, 0.15) is 53.4 Å². The second kappa shape index (κ2) is 7.84. The third kappa shape index (κ3) is 4.64. The van der Waals surface area contributed by atoms with Crippen molar-refractivity contribution in [3.63, 3.8) is 0 Å². The highest BCUT2D eigenvalue weighted by atomic mass is 16.1. The van der Waals surface area contributed by atoms with Gasteiger partial charge in [-0.2, -0.15) is 0 Å². The molecule has 2 atom stereocenters. The van der Waals surface area contributed by atoms with Gasteiger partial charge in [0, 0.05) is 12.5 Å². The highest BCUT2D eigenvalue weighted by Gasteiger charge is 2.24. The van der Waals surface area contributed by atoms with Crippen LogP contribution >= 0.6 is 0 Å². The summed E-state index contributed by atoms with van der Waals surface area (Å²) in [6.07, 6.45) is 4.71. The van der Waals surface area contributed by atoms with Crippen molar-refractivity contribution in [3.05, 3.63) is 0 Å². The topological polar surface area (TPSA) is 29.1 Å². The molecule has 1 amide bonds. The van der Waals surface area contributed by atoms with Gasteiger partial charge in [-0.1, -0.05) is 33.6 Å². The van der Waals surface area contributed by atoms with Crippen LogP contribution in [-0.2, 0) is 4.79 Å². The van der Waals surface area contributed by atoms with E-state index < -0.39 is 0 Å². The minimum absolute atomic E-state index is 0.268. The molecule has 1 unspecified atom stereocenters. The summed E-state index contributed by atoms with van der Waals surface area (Å²) in [4.78, 5) is 11.4. The van der Waals surface area contributed by atoms with Crippen molar-refractivity contribution in [1.29, 1.82) is 0 Å². The molecule has 2 heteroatoms. The second-order valence-corrected chi connectivity index (χ2v) is 3.86. The first-order valence-corrected chi connectivity index (χ1v) is 6.01. The lowest BCUT2D eigenvalue weighted by Crippen LogP contribution is -2.33. The van der Waals surface area contributed by atoms with Gasteiger partial charge < -0.3 is 5.32 Å². The van der Waals surface area contributed by atoms with Gasteiger partial charge >= 0.3 is 0 Å². The fraction of sp³-hybridized carbons (Fsp3) is 0.917. The Balaban J connectivity index is 0.000000791. The molecule has 14 heavy (non-hydrogen) atoms. The lowest BCUT2D eigenvalue weighted by molar-refractivity contribution is -0.126. The molecule has 0 aliphatic heterocycles. The first kappa shape index (κ1) is 13.5. The summed E-state index contributed by atoms with van der Waals surface area (Å²) < 4.78 is 0. The van der Waals surface area contributed by atoms with Gasteiger partial charge in [0.15, 0.2) is 0 Å². The molecule has 1 fully saturated rings. The Morgan fingerprint density at radius 1 is 1.36 bits per heavy atom. The average molecular weight is 199 g/mol. The van der Waals surface area contributed by atoms with Crippen LogP contribution < -0.4 is 5.32 Å². The van der Waals surface area contributed by atoms with E-state index in [1.54, 1.807) is 0 Å². The van der Waals surface area contributed by atoms with Crippen molar-refractivity contribution in [2.45, 2.75) is 53.4 Å². The summed E-state index contributed by atoms with van der Waals surface area (Å²) in [5.74, 6) is 1.31. The molecule has 0 aromatic rings. The SMILES string of the molecule is CC.CCNC(=O)C1CCC[C@H](C)C1. The summed E-state index contributed by atoms with van der Waals surface area (Å²) >= 11 is 0. The molecule has 1 aliphatic carbocycles. The monoisotopic (exact) mass is 199 g/mol. The first-order chi connectivity index (χ1) is 6.74. The summed E-state index contributed by atoms with van der Waals surface area (Å²) in [6, 6.07) is 0. The van der Waals surface area contributed by atoms with Crippen molar-refractivity contribution in [3.8, 4) is 0 Å². The van der Waals surface area contributed by atoms with E-state index in [1.807, 2.05) is 20.8 Å². The van der Waals surface area contributed by atoms with E-state index in [0.717, 1.165) is 25.3 Å². The minimum atomic E-state index is 0.268. The van der Waals surface area contributed by atoms with Gasteiger partial charge in [0.25, 0.3) is 0 Å². The van der Waals surface area contributed by atoms with Gasteiger partial charge in [0.05, 0.1) is 0 Å². The third-order valence-corrected chi connectivity index (χ3v) is 2.66. The van der Waals surface area contributed by atoms with Crippen LogP contribution in [0.4, 0.5) is 0 Å². The molecule has 0 aromatic carbocycles. The lowest BCUT2D eigenvalue weighted by Gasteiger charge is -2.25. The van der Waals surface area contributed by atoms with Gasteiger partial charge in [0.2, 0.25) is 5.91 Å². The van der Waals surface area contributed by atoms with E-state index in [-0.39, 0.29) is 5.91 Å². The van der Waals surface area contributed by atoms with Crippen LogP contribution in [0.15, 0.2) is 0 Å². The Bertz CT molecular complexity index is 156. The summed E-state index contributed by atoms with van der Waals surface area (Å²) in [5, 5.41) is 2.90. The molecule has 1 N–H and O–H groups in total. The Kier molecular flexibility index (Phi) is 7.54. The largest absolute Gasteiger partial charge is 0.356 e. The Hall–Kier alpha value is -0.530. The number of rotatable bonds is 2. The Morgan fingerprint density at radius 2 is 2.00 bits per heavy atom. The fourth-order valence-corrected chi connectivity index (χ4v) is 1.99. The number of carbonyl (C=O) groups excluding carboxylic acids is 1. The molecule has 0 radical (unpaired) electrons. The first-order valence-electron chi connectivity index (χ1n) is 6.01. The number of nitrogens with one attached hydrogen (secondary N) is 1. The van der Waals surface area contributed by atoms with Crippen LogP contribution in [-0.4, -0.2) is 12.5 Å². The van der Waals surface area contributed by atoms with Gasteiger partial charge in [-0.25, -0.2) is 0 Å². The normalized spacial score (nSPS) is 26.0. The van der Waals surface area contributed by atoms with Gasteiger partial charge in [-0.05, 0) is 25.7 Å². The van der Waals surface area contributed by atoms with Crippen LogP contribution in [0, 0.1) is 11.8 Å². The number of hydrogen-bond donors (Lipinski definition) is 1. The molecule has 2 nitrogen and oxygen atoms in total. The highest BCUT2D eigenvalue weighted by molar-refractivity contribution is 5.78. The number of hydrogen-bond acceptors (Lipinski definition) is 1. The van der Waals surface area contributed by atoms with Gasteiger partial charge in [-0.15, -0.1) is 0 Å². The van der Waals surface area contributed by atoms with Gasteiger partial charge in [0.1, 0.15) is 0 Å². The van der Waals surface area contributed by atoms with E-state index in [9.17, 15) is 4.79 Å². The van der Waals surface area contributed by atoms with E-state index in [1.165, 1.54) is 12.8 Å². The smallest absolute Gasteiger partial charge is 0.223 e. The van der Waals surface area contributed by atoms with Crippen molar-refractivity contribution in [1.82, 2.24) is 5.32 Å². The molecule has 0 saturated heterocycles. The zero-order chi connectivity index (χ0) is 11.0. The third-order valence-electron chi connectivity index (χ3n) is 2.66. The van der Waals surface area contributed by atoms with Crippen molar-refractivity contribution >= 4 is 5.91 Å². The molecule has 0 heterocycles. The van der Waals surface area contributed by atoms with Crippen molar-refractivity contribution < 1.29 is 4.79 Å². The average Bonchev–Trinajstić information content (AvgIpc) is 2.21. The second-order valence-electron chi connectivity index (χ2n) is 3.86. The quantitative estimate of drug-likeness (QED) is 0.728. The molecule has 0 spiro atoms. The summed E-state index contributed by atoms with van der Waals surface area (Å²) in [7, 11) is 0. The summed E-state index contributed by atoms with van der Waals surface area (Å²) in [6.45, 7) is 8.99. The molecule has 0 aromatic heterocycles. The zero-order valence-corrected chi connectivity index (χ0v) is 10.1. The molecular formula is C12H25NO. The highest BCUT2D eigenvalue weighted by Crippen LogP contribution is 2.28. The van der Waals surface area contributed by atoms with Crippen molar-refractivity contribution in [2.75, 3.05) is 6.54 Å². The molecule has 1 aliphatic rings. The molecule has 1 saturated carbocycles. The lowest BCUT2D eigenvalue weighted by atomic mass is 9.82. The predicted octanol–water partition coefficient (Wildman–Crippen LogP) is 2.98. The Morgan fingerprint density at radius 3 is 2.50 bits per heavy atom. The van der Waals surface area contributed by atoms with Crippen LogP contribution in [0.2, 0.25) is 0 Å². The fourth-order valence-electron chi connectivity index (χ4n) is 1.99. The summed E-state index contributed by atoms with van der Waals surface area (Å²) in [5.41, 5.74) is 0. The standard InChI is InChI=1S/C10H19NO.C2H6/c1-3-11-10(12)9-6-4-5-8(2)7-9;1-2/h8-9H,3-7H2,1-2H3,(H,11,12);1-2H3/t8-,9?;/m0./s1. The predicted molar refractivity (Wildman–Crippen MR) is 61.2 cm³/mol. The van der Waals surface area contributed by atoms with Crippen LogP contribution in [0.25, 0.3) is 0 Å².